The molecule has 1 atom stereocenters. The number of piperidine rings is 1. The van der Waals surface area contributed by atoms with Crippen LogP contribution >= 0.6 is 11.3 Å². The van der Waals surface area contributed by atoms with Crippen LogP contribution < -0.4 is 0 Å². The number of carboxylic acids is 1. The number of thiophene rings is 1. The van der Waals surface area contributed by atoms with Gasteiger partial charge in [-0.2, -0.15) is 0 Å². The van der Waals surface area contributed by atoms with E-state index < -0.39 is 10.9 Å². The van der Waals surface area contributed by atoms with Crippen LogP contribution in [-0.4, -0.2) is 39.9 Å². The highest BCUT2D eigenvalue weighted by Crippen LogP contribution is 2.31. The Bertz CT molecular complexity index is 832. The molecule has 0 spiro atoms. The highest BCUT2D eigenvalue weighted by molar-refractivity contribution is 7.20. The van der Waals surface area contributed by atoms with Crippen LogP contribution in [0.15, 0.2) is 24.3 Å². The predicted molar refractivity (Wildman–Crippen MR) is 94.0 cm³/mol. The summed E-state index contributed by atoms with van der Waals surface area (Å²) in [4.78, 5) is 36.2. The van der Waals surface area contributed by atoms with Gasteiger partial charge in [-0.3, -0.25) is 19.7 Å². The average Bonchev–Trinajstić information content (AvgIpc) is 3.02. The number of likely N-dealkylation sites (tertiary alicyclic amines) is 1. The van der Waals surface area contributed by atoms with Gasteiger partial charge in [0.25, 0.3) is 11.6 Å². The minimum Gasteiger partial charge on any atom is -0.481 e. The molecule has 2 aromatic rings. The van der Waals surface area contributed by atoms with Crippen LogP contribution in [-0.2, 0) is 4.79 Å². The van der Waals surface area contributed by atoms with Crippen molar-refractivity contribution in [2.45, 2.75) is 25.7 Å². The zero-order valence-electron chi connectivity index (χ0n) is 13.5. The Balaban J connectivity index is 1.74. The number of aliphatic carboxylic acids is 1. The number of amides is 1. The van der Waals surface area contributed by atoms with E-state index in [1.165, 1.54) is 23.5 Å². The van der Waals surface area contributed by atoms with Gasteiger partial charge < -0.3 is 10.0 Å². The standard InChI is InChI=1S/C17H18N2O5S/c20-16(21)6-3-11-2-1-7-18(10-11)17(22)15-9-12-8-13(19(23)24)4-5-14(12)25-15/h4-5,8-9,11H,1-3,6-7,10H2,(H,20,21). The van der Waals surface area contributed by atoms with E-state index in [1.807, 2.05) is 0 Å². The van der Waals surface area contributed by atoms with Crippen molar-refractivity contribution in [3.8, 4) is 0 Å². The van der Waals surface area contributed by atoms with E-state index in [9.17, 15) is 19.7 Å². The number of hydrogen-bond donors (Lipinski definition) is 1. The summed E-state index contributed by atoms with van der Waals surface area (Å²) >= 11 is 1.33. The number of benzene rings is 1. The number of carbonyl (C=O) groups excluding carboxylic acids is 1. The van der Waals surface area contributed by atoms with Gasteiger partial charge in [-0.1, -0.05) is 0 Å². The number of carboxylic acid groups (broad SMARTS) is 1. The minimum absolute atomic E-state index is 0.0102. The molecule has 1 aromatic carbocycles. The van der Waals surface area contributed by atoms with Crippen LogP contribution in [0.2, 0.25) is 0 Å². The number of hydrogen-bond acceptors (Lipinski definition) is 5. The molecule has 0 saturated carbocycles. The van der Waals surface area contributed by atoms with E-state index >= 15 is 0 Å². The fourth-order valence-corrected chi connectivity index (χ4v) is 4.23. The number of rotatable bonds is 5. The largest absolute Gasteiger partial charge is 0.481 e. The maximum absolute atomic E-state index is 12.8. The third kappa shape index (κ3) is 3.96. The normalized spacial score (nSPS) is 17.6. The number of carbonyl (C=O) groups is 2. The topological polar surface area (TPSA) is 101 Å². The molecule has 1 fully saturated rings. The molecule has 0 aliphatic carbocycles. The summed E-state index contributed by atoms with van der Waals surface area (Å²) in [6.45, 7) is 1.23. The molecule has 1 amide bonds. The SMILES string of the molecule is O=C(O)CCC1CCCN(C(=O)c2cc3cc([N+](=O)[O-])ccc3s2)C1. The van der Waals surface area contributed by atoms with Crippen LogP contribution in [0.4, 0.5) is 5.69 Å². The minimum atomic E-state index is -0.811. The van der Waals surface area contributed by atoms with Gasteiger partial charge in [-0.05, 0) is 37.3 Å². The van der Waals surface area contributed by atoms with Gasteiger partial charge in [0.1, 0.15) is 0 Å². The molecule has 1 N–H and O–H groups in total. The van der Waals surface area contributed by atoms with Crippen LogP contribution in [0, 0.1) is 16.0 Å². The number of nitro benzene ring substituents is 1. The van der Waals surface area contributed by atoms with Crippen molar-refractivity contribution in [2.75, 3.05) is 13.1 Å². The van der Waals surface area contributed by atoms with Gasteiger partial charge in [-0.25, -0.2) is 0 Å². The lowest BCUT2D eigenvalue weighted by Gasteiger charge is -2.32. The van der Waals surface area contributed by atoms with Crippen LogP contribution in [0.5, 0.6) is 0 Å². The Hall–Kier alpha value is -2.48. The fourth-order valence-electron chi connectivity index (χ4n) is 3.22. The number of nitro groups is 1. The van der Waals surface area contributed by atoms with Gasteiger partial charge in [-0.15, -0.1) is 11.3 Å². The van der Waals surface area contributed by atoms with Crippen molar-refractivity contribution >= 4 is 39.0 Å². The Kier molecular flexibility index (Phi) is 4.98. The van der Waals surface area contributed by atoms with Crippen molar-refractivity contribution in [1.29, 1.82) is 0 Å². The van der Waals surface area contributed by atoms with Crippen molar-refractivity contribution in [1.82, 2.24) is 4.90 Å². The van der Waals surface area contributed by atoms with E-state index in [2.05, 4.69) is 0 Å². The van der Waals surface area contributed by atoms with Gasteiger partial charge in [0, 0.05) is 41.7 Å². The average molecular weight is 362 g/mol. The zero-order chi connectivity index (χ0) is 18.0. The van der Waals surface area contributed by atoms with E-state index in [0.717, 1.165) is 17.5 Å². The summed E-state index contributed by atoms with van der Waals surface area (Å²) in [6.07, 6.45) is 2.51. The molecule has 1 unspecified atom stereocenters. The molecule has 25 heavy (non-hydrogen) atoms. The molecule has 1 aliphatic rings. The smallest absolute Gasteiger partial charge is 0.303 e. The summed E-state index contributed by atoms with van der Waals surface area (Å²) in [5, 5.41) is 20.4. The lowest BCUT2D eigenvalue weighted by molar-refractivity contribution is -0.384. The van der Waals surface area contributed by atoms with Crippen molar-refractivity contribution in [3.63, 3.8) is 0 Å². The Labute approximate surface area is 148 Å². The van der Waals surface area contributed by atoms with Gasteiger partial charge in [0.2, 0.25) is 0 Å². The van der Waals surface area contributed by atoms with E-state index in [0.29, 0.717) is 29.8 Å². The fraction of sp³-hybridized carbons (Fsp3) is 0.412. The van der Waals surface area contributed by atoms with Crippen molar-refractivity contribution in [3.05, 3.63) is 39.3 Å². The summed E-state index contributed by atoms with van der Waals surface area (Å²) in [7, 11) is 0. The lowest BCUT2D eigenvalue weighted by atomic mass is 9.93. The Morgan fingerprint density at radius 1 is 1.36 bits per heavy atom. The van der Waals surface area contributed by atoms with Gasteiger partial charge in [0.15, 0.2) is 0 Å². The number of fused-ring (bicyclic) bond motifs is 1. The summed E-state index contributed by atoms with van der Waals surface area (Å²) in [5.74, 6) is -0.678. The monoisotopic (exact) mass is 362 g/mol. The quantitative estimate of drug-likeness (QED) is 0.648. The maximum atomic E-state index is 12.8. The third-order valence-electron chi connectivity index (χ3n) is 4.49. The molecule has 3 rings (SSSR count). The van der Waals surface area contributed by atoms with E-state index in [4.69, 9.17) is 5.11 Å². The molecule has 2 heterocycles. The molecule has 1 saturated heterocycles. The Morgan fingerprint density at radius 3 is 2.88 bits per heavy atom. The molecule has 1 aromatic heterocycles. The van der Waals surface area contributed by atoms with E-state index in [-0.39, 0.29) is 23.9 Å². The summed E-state index contributed by atoms with van der Waals surface area (Å²) < 4.78 is 0.841. The number of non-ortho nitro benzene ring substituents is 1. The molecule has 8 heteroatoms. The highest BCUT2D eigenvalue weighted by Gasteiger charge is 2.26. The first-order valence-corrected chi connectivity index (χ1v) is 8.95. The first-order valence-electron chi connectivity index (χ1n) is 8.13. The molecule has 0 bridgehead atoms. The second kappa shape index (κ2) is 7.18. The predicted octanol–water partition coefficient (Wildman–Crippen LogP) is 3.53. The van der Waals surface area contributed by atoms with Crippen LogP contribution in [0.3, 0.4) is 0 Å². The summed E-state index contributed by atoms with van der Waals surface area (Å²) in [5.41, 5.74) is 0.0102. The molecule has 7 nitrogen and oxygen atoms in total. The van der Waals surface area contributed by atoms with Crippen LogP contribution in [0.25, 0.3) is 10.1 Å². The molecule has 0 radical (unpaired) electrons. The molecule has 1 aliphatic heterocycles. The lowest BCUT2D eigenvalue weighted by Crippen LogP contribution is -2.39. The second-order valence-corrected chi connectivity index (χ2v) is 7.37. The third-order valence-corrected chi connectivity index (χ3v) is 5.60. The van der Waals surface area contributed by atoms with Crippen LogP contribution in [0.1, 0.15) is 35.4 Å². The highest BCUT2D eigenvalue weighted by atomic mass is 32.1. The second-order valence-electron chi connectivity index (χ2n) is 6.28. The van der Waals surface area contributed by atoms with Gasteiger partial charge in [0.05, 0.1) is 9.80 Å². The molecular weight excluding hydrogens is 344 g/mol. The maximum Gasteiger partial charge on any atom is 0.303 e. The van der Waals surface area contributed by atoms with Crippen molar-refractivity contribution in [2.24, 2.45) is 5.92 Å². The molecule has 132 valence electrons. The first kappa shape index (κ1) is 17.3. The summed E-state index contributed by atoms with van der Waals surface area (Å²) in [6, 6.07) is 6.29. The first-order chi connectivity index (χ1) is 11.9. The number of nitrogens with zero attached hydrogens (tertiary/aromatic N) is 2. The molecular formula is C17H18N2O5S. The van der Waals surface area contributed by atoms with Crippen molar-refractivity contribution < 1.29 is 19.6 Å². The van der Waals surface area contributed by atoms with Gasteiger partial charge >= 0.3 is 5.97 Å². The van der Waals surface area contributed by atoms with E-state index in [1.54, 1.807) is 17.0 Å². The zero-order valence-corrected chi connectivity index (χ0v) is 14.3. The Morgan fingerprint density at radius 2 is 2.16 bits per heavy atom.